The molecular weight excluding hydrogens is 396 g/mol. The number of amides is 1. The molecule has 0 bridgehead atoms. The molecule has 1 atom stereocenters. The van der Waals surface area contributed by atoms with E-state index in [0.717, 1.165) is 48.3 Å². The third-order valence-electron chi connectivity index (χ3n) is 7.78. The number of nitrogens with two attached hydrogens (primary N) is 1. The normalized spacial score (nSPS) is 21.8. The first kappa shape index (κ1) is 21.2. The minimum absolute atomic E-state index is 0.188. The summed E-state index contributed by atoms with van der Waals surface area (Å²) in [6.07, 6.45) is 11.8. The number of nitrogens with one attached hydrogen (secondary N) is 3. The minimum atomic E-state index is -0.682. The maximum atomic E-state index is 14.1. The van der Waals surface area contributed by atoms with Crippen LogP contribution < -0.4 is 21.7 Å². The molecule has 1 amide bonds. The van der Waals surface area contributed by atoms with Crippen LogP contribution in [-0.4, -0.2) is 11.9 Å². The number of fused-ring (bicyclic) bond motifs is 1. The van der Waals surface area contributed by atoms with E-state index in [4.69, 9.17) is 5.73 Å². The lowest BCUT2D eigenvalue weighted by atomic mass is 9.71. The van der Waals surface area contributed by atoms with Gasteiger partial charge in [0.2, 0.25) is 5.91 Å². The number of benzene rings is 2. The summed E-state index contributed by atoms with van der Waals surface area (Å²) in [6.45, 7) is 0. The second-order valence-electron chi connectivity index (χ2n) is 9.94. The number of nitrogen functional groups attached to an aromatic ring is 1. The maximum Gasteiger partial charge on any atom is 0.228 e. The highest BCUT2D eigenvalue weighted by Crippen LogP contribution is 2.49. The molecule has 0 radical (unpaired) electrons. The summed E-state index contributed by atoms with van der Waals surface area (Å²) in [6, 6.07) is 16.6. The number of carbonyl (C=O) groups excluding carboxylic acids is 1. The van der Waals surface area contributed by atoms with Crippen LogP contribution in [0.2, 0.25) is 0 Å². The Bertz CT molecular complexity index is 904. The molecule has 2 fully saturated rings. The van der Waals surface area contributed by atoms with Gasteiger partial charge in [-0.3, -0.25) is 4.79 Å². The van der Waals surface area contributed by atoms with E-state index in [1.807, 2.05) is 24.3 Å². The Balaban J connectivity index is 1.55. The van der Waals surface area contributed by atoms with Crippen molar-refractivity contribution < 1.29 is 4.79 Å². The van der Waals surface area contributed by atoms with Gasteiger partial charge in [0.1, 0.15) is 5.66 Å². The molecule has 5 nitrogen and oxygen atoms in total. The van der Waals surface area contributed by atoms with Gasteiger partial charge in [0.15, 0.2) is 0 Å². The van der Waals surface area contributed by atoms with Gasteiger partial charge in [-0.25, -0.2) is 0 Å². The lowest BCUT2D eigenvalue weighted by molar-refractivity contribution is -0.130. The first-order valence-electron chi connectivity index (χ1n) is 12.5. The van der Waals surface area contributed by atoms with Crippen molar-refractivity contribution in [1.82, 2.24) is 5.32 Å². The number of hydrogen-bond donors (Lipinski definition) is 4. The Morgan fingerprint density at radius 1 is 0.844 bits per heavy atom. The zero-order valence-electron chi connectivity index (χ0n) is 18.9. The molecule has 0 spiro atoms. The Morgan fingerprint density at radius 2 is 1.41 bits per heavy atom. The van der Waals surface area contributed by atoms with E-state index in [1.54, 1.807) is 0 Å². The van der Waals surface area contributed by atoms with Gasteiger partial charge in [-0.05, 0) is 61.4 Å². The lowest BCUT2D eigenvalue weighted by Gasteiger charge is -2.44. The van der Waals surface area contributed by atoms with Gasteiger partial charge in [0.05, 0.1) is 17.3 Å². The van der Waals surface area contributed by atoms with Crippen molar-refractivity contribution in [3.8, 4) is 0 Å². The molecule has 32 heavy (non-hydrogen) atoms. The molecule has 3 aliphatic rings. The van der Waals surface area contributed by atoms with E-state index in [1.165, 1.54) is 38.5 Å². The van der Waals surface area contributed by atoms with Crippen molar-refractivity contribution in [2.45, 2.75) is 75.9 Å². The number of carbonyl (C=O) groups is 1. The summed E-state index contributed by atoms with van der Waals surface area (Å²) in [7, 11) is 0. The Labute approximate surface area is 191 Å². The fraction of sp³-hybridized carbons (Fsp3) is 0.519. The predicted molar refractivity (Wildman–Crippen MR) is 131 cm³/mol. The van der Waals surface area contributed by atoms with Gasteiger partial charge < -0.3 is 21.7 Å². The van der Waals surface area contributed by atoms with Crippen molar-refractivity contribution in [2.75, 3.05) is 16.4 Å². The molecule has 2 aliphatic carbocycles. The highest BCUT2D eigenvalue weighted by Gasteiger charge is 2.51. The monoisotopic (exact) mass is 432 g/mol. The predicted octanol–water partition coefficient (Wildman–Crippen LogP) is 5.60. The maximum absolute atomic E-state index is 14.1. The number of rotatable bonds is 5. The molecule has 0 aromatic heterocycles. The number of hydrogen-bond acceptors (Lipinski definition) is 4. The molecule has 2 saturated carbocycles. The summed E-state index contributed by atoms with van der Waals surface area (Å²) in [4.78, 5) is 14.1. The standard InChI is InChI=1S/C27H36N4O/c28-21-17-15-20(16-18-21)27(30-23-13-7-8-14-24(23)31-27)25(19-9-3-1-4-10-19)26(32)29-22-11-5-2-6-12-22/h7-8,13-19,22,25,30-31H,1-6,9-12,28H2,(H,29,32). The summed E-state index contributed by atoms with van der Waals surface area (Å²) in [5.74, 6) is 0.313. The van der Waals surface area contributed by atoms with Gasteiger partial charge >= 0.3 is 0 Å². The fourth-order valence-electron chi connectivity index (χ4n) is 6.15. The van der Waals surface area contributed by atoms with Gasteiger partial charge in [0, 0.05) is 11.7 Å². The van der Waals surface area contributed by atoms with E-state index in [0.29, 0.717) is 12.0 Å². The van der Waals surface area contributed by atoms with Gasteiger partial charge in [-0.2, -0.15) is 0 Å². The van der Waals surface area contributed by atoms with Gasteiger partial charge in [-0.15, -0.1) is 0 Å². The Hall–Kier alpha value is -2.69. The summed E-state index contributed by atoms with van der Waals surface area (Å²) >= 11 is 0. The first-order valence-corrected chi connectivity index (χ1v) is 12.5. The van der Waals surface area contributed by atoms with Crippen molar-refractivity contribution in [2.24, 2.45) is 11.8 Å². The fourth-order valence-corrected chi connectivity index (χ4v) is 6.15. The largest absolute Gasteiger partial charge is 0.399 e. The smallest absolute Gasteiger partial charge is 0.228 e. The molecule has 5 N–H and O–H groups in total. The van der Waals surface area contributed by atoms with Crippen LogP contribution in [0.1, 0.15) is 69.8 Å². The second kappa shape index (κ2) is 9.05. The quantitative estimate of drug-likeness (QED) is 0.464. The zero-order chi connectivity index (χ0) is 22.0. The van der Waals surface area contributed by atoms with E-state index in [-0.39, 0.29) is 11.8 Å². The summed E-state index contributed by atoms with van der Waals surface area (Å²) < 4.78 is 0. The van der Waals surface area contributed by atoms with Crippen LogP contribution in [-0.2, 0) is 10.5 Å². The van der Waals surface area contributed by atoms with Crippen molar-refractivity contribution in [3.05, 3.63) is 54.1 Å². The minimum Gasteiger partial charge on any atom is -0.399 e. The lowest BCUT2D eigenvalue weighted by Crippen LogP contribution is -2.56. The van der Waals surface area contributed by atoms with Crippen LogP contribution in [0.3, 0.4) is 0 Å². The zero-order valence-corrected chi connectivity index (χ0v) is 18.9. The molecule has 1 heterocycles. The average Bonchev–Trinajstić information content (AvgIpc) is 3.21. The third-order valence-corrected chi connectivity index (χ3v) is 7.78. The molecule has 2 aromatic carbocycles. The highest BCUT2D eigenvalue weighted by molar-refractivity contribution is 5.86. The van der Waals surface area contributed by atoms with E-state index in [9.17, 15) is 4.79 Å². The molecular formula is C27H36N4O. The van der Waals surface area contributed by atoms with Crippen LogP contribution in [0.4, 0.5) is 17.1 Å². The highest BCUT2D eigenvalue weighted by atomic mass is 16.2. The number of para-hydroxylation sites is 2. The molecule has 170 valence electrons. The van der Waals surface area contributed by atoms with Crippen LogP contribution in [0.5, 0.6) is 0 Å². The van der Waals surface area contributed by atoms with Crippen LogP contribution >= 0.6 is 0 Å². The van der Waals surface area contributed by atoms with Crippen LogP contribution in [0.15, 0.2) is 48.5 Å². The SMILES string of the molecule is Nc1ccc(C2(C(C(=O)NC3CCCCC3)C3CCCCC3)Nc3ccccc3N2)cc1. The van der Waals surface area contributed by atoms with E-state index in [2.05, 4.69) is 40.2 Å². The first-order chi connectivity index (χ1) is 15.7. The summed E-state index contributed by atoms with van der Waals surface area (Å²) in [5, 5.41) is 11.1. The molecule has 0 saturated heterocycles. The van der Waals surface area contributed by atoms with E-state index >= 15 is 0 Å². The van der Waals surface area contributed by atoms with Crippen molar-refractivity contribution in [3.63, 3.8) is 0 Å². The average molecular weight is 433 g/mol. The van der Waals surface area contributed by atoms with Gasteiger partial charge in [-0.1, -0.05) is 62.8 Å². The molecule has 5 heteroatoms. The number of anilines is 3. The second-order valence-corrected chi connectivity index (χ2v) is 9.94. The molecule has 1 unspecified atom stereocenters. The summed E-state index contributed by atoms with van der Waals surface area (Å²) in [5.41, 5.74) is 9.26. The Kier molecular flexibility index (Phi) is 5.99. The van der Waals surface area contributed by atoms with Crippen LogP contribution in [0.25, 0.3) is 0 Å². The van der Waals surface area contributed by atoms with E-state index < -0.39 is 5.66 Å². The Morgan fingerprint density at radius 3 is 2.00 bits per heavy atom. The molecule has 5 rings (SSSR count). The van der Waals surface area contributed by atoms with Crippen LogP contribution in [0, 0.1) is 11.8 Å². The third kappa shape index (κ3) is 4.05. The van der Waals surface area contributed by atoms with Gasteiger partial charge in [0.25, 0.3) is 0 Å². The van der Waals surface area contributed by atoms with Crippen molar-refractivity contribution >= 4 is 23.0 Å². The molecule has 1 aliphatic heterocycles. The topological polar surface area (TPSA) is 79.2 Å². The molecule has 2 aromatic rings. The van der Waals surface area contributed by atoms with Crippen molar-refractivity contribution in [1.29, 1.82) is 0 Å².